The highest BCUT2D eigenvalue weighted by molar-refractivity contribution is 5.93. The quantitative estimate of drug-likeness (QED) is 0.869. The van der Waals surface area contributed by atoms with E-state index in [1.807, 2.05) is 11.6 Å². The number of hydrogen-bond acceptors (Lipinski definition) is 4. The van der Waals surface area contributed by atoms with E-state index in [9.17, 15) is 4.79 Å². The number of amides is 1. The number of carbonyl (C=O) groups excluding carboxylic acids is 1. The van der Waals surface area contributed by atoms with Crippen LogP contribution < -0.4 is 10.6 Å². The molecule has 1 aliphatic rings. The average Bonchev–Trinajstić information content (AvgIpc) is 2.78. The highest BCUT2D eigenvalue weighted by atomic mass is 35.5. The van der Waals surface area contributed by atoms with Crippen LogP contribution >= 0.6 is 12.4 Å². The molecule has 1 aromatic heterocycles. The van der Waals surface area contributed by atoms with Gasteiger partial charge in [0.05, 0.1) is 11.7 Å². The van der Waals surface area contributed by atoms with E-state index in [1.165, 1.54) is 0 Å². The molecule has 24 heavy (non-hydrogen) atoms. The molecule has 1 saturated heterocycles. The Morgan fingerprint density at radius 2 is 1.83 bits per heavy atom. The Hall–Kier alpha value is -1.14. The number of hydrogen-bond donors (Lipinski definition) is 2. The monoisotopic (exact) mass is 357 g/mol. The zero-order valence-electron chi connectivity index (χ0n) is 15.8. The molecule has 2 N–H and O–H groups in total. The smallest absolute Gasteiger partial charge is 0.274 e. The second-order valence-corrected chi connectivity index (χ2v) is 8.52. The van der Waals surface area contributed by atoms with Crippen molar-refractivity contribution in [2.24, 2.45) is 5.41 Å². The van der Waals surface area contributed by atoms with Gasteiger partial charge in [0.15, 0.2) is 5.69 Å². The van der Waals surface area contributed by atoms with Crippen molar-refractivity contribution in [1.29, 1.82) is 0 Å². The van der Waals surface area contributed by atoms with Crippen LogP contribution in [0.3, 0.4) is 0 Å². The van der Waals surface area contributed by atoms with Gasteiger partial charge in [-0.3, -0.25) is 4.79 Å². The highest BCUT2D eigenvalue weighted by Gasteiger charge is 2.30. The van der Waals surface area contributed by atoms with Crippen molar-refractivity contribution in [2.75, 3.05) is 13.1 Å². The van der Waals surface area contributed by atoms with Crippen molar-refractivity contribution in [3.05, 3.63) is 11.4 Å². The van der Waals surface area contributed by atoms with Crippen LogP contribution in [0.5, 0.6) is 0 Å². The van der Waals surface area contributed by atoms with Crippen molar-refractivity contribution in [3.63, 3.8) is 0 Å². The van der Waals surface area contributed by atoms with Crippen LogP contribution in [0, 0.1) is 12.3 Å². The van der Waals surface area contributed by atoms with Gasteiger partial charge in [-0.25, -0.2) is 4.68 Å². The van der Waals surface area contributed by atoms with Gasteiger partial charge < -0.3 is 10.6 Å². The van der Waals surface area contributed by atoms with E-state index in [2.05, 4.69) is 55.6 Å². The molecule has 0 aromatic carbocycles. The Morgan fingerprint density at radius 3 is 2.38 bits per heavy atom. The first kappa shape index (κ1) is 20.9. The summed E-state index contributed by atoms with van der Waals surface area (Å²) in [6.45, 7) is 14.6. The number of piperidine rings is 1. The molecule has 0 saturated carbocycles. The summed E-state index contributed by atoms with van der Waals surface area (Å²) in [4.78, 5) is 12.6. The fourth-order valence-electron chi connectivity index (χ4n) is 3.69. The van der Waals surface area contributed by atoms with Crippen molar-refractivity contribution in [3.8, 4) is 0 Å². The zero-order chi connectivity index (χ0) is 17.3. The number of nitrogens with one attached hydrogen (secondary N) is 2. The summed E-state index contributed by atoms with van der Waals surface area (Å²) in [6, 6.07) is 0.341. The van der Waals surface area contributed by atoms with E-state index >= 15 is 0 Å². The Morgan fingerprint density at radius 1 is 1.25 bits per heavy atom. The molecule has 6 nitrogen and oxygen atoms in total. The lowest BCUT2D eigenvalue weighted by Crippen LogP contribution is -2.46. The molecular weight excluding hydrogens is 326 g/mol. The lowest BCUT2D eigenvalue weighted by atomic mass is 9.82. The van der Waals surface area contributed by atoms with Crippen LogP contribution in [-0.4, -0.2) is 39.5 Å². The van der Waals surface area contributed by atoms with Crippen LogP contribution in [0.4, 0.5) is 0 Å². The van der Waals surface area contributed by atoms with E-state index in [0.29, 0.717) is 11.7 Å². The van der Waals surface area contributed by atoms with Crippen molar-refractivity contribution >= 4 is 18.3 Å². The Balaban J connectivity index is 0.00000288. The predicted molar refractivity (Wildman–Crippen MR) is 98.8 cm³/mol. The summed E-state index contributed by atoms with van der Waals surface area (Å²) in [5.74, 6) is -0.128. The average molecular weight is 358 g/mol. The topological polar surface area (TPSA) is 71.8 Å². The van der Waals surface area contributed by atoms with E-state index in [0.717, 1.165) is 38.0 Å². The Labute approximate surface area is 151 Å². The number of aromatic nitrogens is 3. The van der Waals surface area contributed by atoms with E-state index in [4.69, 9.17) is 0 Å². The fraction of sp³-hybridized carbons (Fsp3) is 0.824. The van der Waals surface area contributed by atoms with Crippen molar-refractivity contribution in [2.45, 2.75) is 72.4 Å². The van der Waals surface area contributed by atoms with Gasteiger partial charge in [-0.05, 0) is 58.5 Å². The molecule has 1 aliphatic heterocycles. The summed E-state index contributed by atoms with van der Waals surface area (Å²) in [5.41, 5.74) is 1.19. The molecule has 1 aromatic rings. The van der Waals surface area contributed by atoms with Crippen LogP contribution in [0.15, 0.2) is 0 Å². The molecule has 138 valence electrons. The predicted octanol–water partition coefficient (Wildman–Crippen LogP) is 2.88. The SMILES string of the molecule is Cc1c(C(=O)NC(C)(C)CC(C)(C)C)nnn1C1CCNCC1.Cl. The zero-order valence-corrected chi connectivity index (χ0v) is 16.6. The van der Waals surface area contributed by atoms with Gasteiger partial charge in [-0.1, -0.05) is 26.0 Å². The third kappa shape index (κ3) is 5.45. The van der Waals surface area contributed by atoms with Crippen molar-refractivity contribution in [1.82, 2.24) is 25.6 Å². The van der Waals surface area contributed by atoms with E-state index in [-0.39, 0.29) is 29.3 Å². The van der Waals surface area contributed by atoms with Gasteiger partial charge in [0.25, 0.3) is 5.91 Å². The molecule has 1 fully saturated rings. The third-order valence-electron chi connectivity index (χ3n) is 4.22. The first-order valence-corrected chi connectivity index (χ1v) is 8.54. The highest BCUT2D eigenvalue weighted by Crippen LogP contribution is 2.27. The molecule has 0 atom stereocenters. The number of rotatable bonds is 4. The Kier molecular flexibility index (Phi) is 6.82. The van der Waals surface area contributed by atoms with Crippen LogP contribution in [0.1, 0.15) is 76.1 Å². The number of carbonyl (C=O) groups is 1. The number of nitrogens with zero attached hydrogens (tertiary/aromatic N) is 3. The third-order valence-corrected chi connectivity index (χ3v) is 4.22. The van der Waals surface area contributed by atoms with Crippen LogP contribution in [-0.2, 0) is 0 Å². The molecule has 0 aliphatic carbocycles. The Bertz CT molecular complexity index is 556. The molecule has 0 radical (unpaired) electrons. The maximum Gasteiger partial charge on any atom is 0.274 e. The lowest BCUT2D eigenvalue weighted by molar-refractivity contribution is 0.0885. The van der Waals surface area contributed by atoms with Crippen molar-refractivity contribution < 1.29 is 4.79 Å². The first-order chi connectivity index (χ1) is 10.6. The van der Waals surface area contributed by atoms with Gasteiger partial charge in [0.2, 0.25) is 0 Å². The second kappa shape index (κ2) is 7.83. The largest absolute Gasteiger partial charge is 0.346 e. The van der Waals surface area contributed by atoms with E-state index < -0.39 is 0 Å². The first-order valence-electron chi connectivity index (χ1n) is 8.54. The van der Waals surface area contributed by atoms with Gasteiger partial charge in [-0.15, -0.1) is 17.5 Å². The van der Waals surface area contributed by atoms with Crippen LogP contribution in [0.25, 0.3) is 0 Å². The second-order valence-electron chi connectivity index (χ2n) is 8.52. The summed E-state index contributed by atoms with van der Waals surface area (Å²) in [7, 11) is 0. The molecule has 1 amide bonds. The molecule has 0 spiro atoms. The molecular formula is C17H32ClN5O. The summed E-state index contributed by atoms with van der Waals surface area (Å²) in [6.07, 6.45) is 2.95. The summed E-state index contributed by atoms with van der Waals surface area (Å²) >= 11 is 0. The van der Waals surface area contributed by atoms with E-state index in [1.54, 1.807) is 0 Å². The van der Waals surface area contributed by atoms with Gasteiger partial charge in [0, 0.05) is 5.54 Å². The minimum absolute atomic E-state index is 0. The van der Waals surface area contributed by atoms with Gasteiger partial charge in [-0.2, -0.15) is 0 Å². The fourth-order valence-corrected chi connectivity index (χ4v) is 3.69. The molecule has 2 rings (SSSR count). The summed E-state index contributed by atoms with van der Waals surface area (Å²) in [5, 5.41) is 14.9. The molecule has 0 unspecified atom stereocenters. The maximum atomic E-state index is 12.6. The van der Waals surface area contributed by atoms with Crippen LogP contribution in [0.2, 0.25) is 0 Å². The lowest BCUT2D eigenvalue weighted by Gasteiger charge is -2.33. The molecule has 7 heteroatoms. The van der Waals surface area contributed by atoms with Gasteiger partial charge >= 0.3 is 0 Å². The summed E-state index contributed by atoms with van der Waals surface area (Å²) < 4.78 is 1.92. The minimum Gasteiger partial charge on any atom is -0.346 e. The minimum atomic E-state index is -0.277. The standard InChI is InChI=1S/C17H31N5O.ClH/c1-12-14(15(23)19-17(5,6)11-16(2,3)4)20-21-22(12)13-7-9-18-10-8-13;/h13,18H,7-11H2,1-6H3,(H,19,23);1H. The normalized spacial score (nSPS) is 16.6. The molecule has 0 bridgehead atoms. The molecule has 2 heterocycles. The maximum absolute atomic E-state index is 12.6. The number of halogens is 1. The van der Waals surface area contributed by atoms with Gasteiger partial charge in [0.1, 0.15) is 0 Å².